The van der Waals surface area contributed by atoms with Gasteiger partial charge in [-0.25, -0.2) is 13.4 Å². The van der Waals surface area contributed by atoms with E-state index in [0.717, 1.165) is 35.0 Å². The Morgan fingerprint density at radius 2 is 1.82 bits per heavy atom. The average Bonchev–Trinajstić information content (AvgIpc) is 3.61. The zero-order chi connectivity index (χ0) is 27.1. The molecule has 2 heterocycles. The Bertz CT molecular complexity index is 1310. The van der Waals surface area contributed by atoms with Crippen LogP contribution in [0.2, 0.25) is 0 Å². The van der Waals surface area contributed by atoms with Gasteiger partial charge in [0, 0.05) is 39.5 Å². The molecule has 0 N–H and O–H groups in total. The van der Waals surface area contributed by atoms with Gasteiger partial charge in [0.25, 0.3) is 5.91 Å². The Labute approximate surface area is 228 Å². The zero-order valence-electron chi connectivity index (χ0n) is 22.1. The number of para-hydroxylation sites is 1. The molecular weight excluding hydrogens is 526 g/mol. The Morgan fingerprint density at radius 1 is 1.11 bits per heavy atom. The van der Waals surface area contributed by atoms with Gasteiger partial charge in [-0.3, -0.25) is 9.69 Å². The standard InChI is InChI=1S/C27H35N3O6S2/c1-4-20-7-5-9-24-25(20)28-27(37-24)30(19-22-8-6-16-36-22)26(31)21-10-12-23(13-11-21)38(32,33)29(14-17-34-2)15-18-35-3/h5,7,9-13,22H,4,6,8,14-19H2,1-3H3. The molecule has 3 aromatic rings. The molecule has 0 saturated carbocycles. The van der Waals surface area contributed by atoms with Crippen LogP contribution in [0.15, 0.2) is 47.4 Å². The third-order valence-electron chi connectivity index (χ3n) is 6.59. The summed E-state index contributed by atoms with van der Waals surface area (Å²) in [6.07, 6.45) is 2.63. The number of carbonyl (C=O) groups excluding carboxylic acids is 1. The highest BCUT2D eigenvalue weighted by Gasteiger charge is 2.29. The molecule has 0 aliphatic carbocycles. The van der Waals surface area contributed by atoms with E-state index in [9.17, 15) is 13.2 Å². The van der Waals surface area contributed by atoms with Crippen LogP contribution in [-0.4, -0.2) is 83.4 Å². The number of aromatic nitrogens is 1. The highest BCUT2D eigenvalue weighted by atomic mass is 32.2. The second-order valence-corrected chi connectivity index (χ2v) is 12.0. The van der Waals surface area contributed by atoms with Crippen LogP contribution in [0, 0.1) is 0 Å². The van der Waals surface area contributed by atoms with E-state index < -0.39 is 10.0 Å². The zero-order valence-corrected chi connectivity index (χ0v) is 23.7. The maximum atomic E-state index is 13.8. The number of anilines is 1. The summed E-state index contributed by atoms with van der Waals surface area (Å²) in [6.45, 7) is 4.10. The molecule has 0 radical (unpaired) electrons. The van der Waals surface area contributed by atoms with Gasteiger partial charge < -0.3 is 14.2 Å². The Hall–Kier alpha value is -2.41. The van der Waals surface area contributed by atoms with Crippen molar-refractivity contribution in [3.05, 3.63) is 53.6 Å². The van der Waals surface area contributed by atoms with Gasteiger partial charge in [0.15, 0.2) is 5.13 Å². The minimum absolute atomic E-state index is 0.0635. The maximum Gasteiger partial charge on any atom is 0.260 e. The Morgan fingerprint density at radius 3 is 2.42 bits per heavy atom. The first-order valence-corrected chi connectivity index (χ1v) is 15.0. The molecule has 0 bridgehead atoms. The number of amides is 1. The number of fused-ring (bicyclic) bond motifs is 1. The van der Waals surface area contributed by atoms with E-state index in [2.05, 4.69) is 13.0 Å². The molecule has 4 rings (SSSR count). The van der Waals surface area contributed by atoms with Crippen LogP contribution in [0.3, 0.4) is 0 Å². The lowest BCUT2D eigenvalue weighted by molar-refractivity contribution is 0.0917. The van der Waals surface area contributed by atoms with E-state index in [4.69, 9.17) is 19.2 Å². The Balaban J connectivity index is 1.62. The number of benzene rings is 2. The van der Waals surface area contributed by atoms with Crippen molar-refractivity contribution in [2.45, 2.75) is 37.2 Å². The van der Waals surface area contributed by atoms with Crippen LogP contribution in [0.25, 0.3) is 10.2 Å². The van der Waals surface area contributed by atoms with Crippen LogP contribution in [0.4, 0.5) is 5.13 Å². The highest BCUT2D eigenvalue weighted by molar-refractivity contribution is 7.89. The predicted molar refractivity (Wildman–Crippen MR) is 149 cm³/mol. The number of aryl methyl sites for hydroxylation is 1. The summed E-state index contributed by atoms with van der Waals surface area (Å²) < 4.78 is 44.9. The number of carbonyl (C=O) groups is 1. The first-order chi connectivity index (χ1) is 18.4. The molecule has 1 atom stereocenters. The number of methoxy groups -OCH3 is 2. The second-order valence-electron chi connectivity index (χ2n) is 9.08. The van der Waals surface area contributed by atoms with Gasteiger partial charge >= 0.3 is 0 Å². The molecule has 38 heavy (non-hydrogen) atoms. The first kappa shape index (κ1) is 28.6. The lowest BCUT2D eigenvalue weighted by Crippen LogP contribution is -2.38. The van der Waals surface area contributed by atoms with E-state index in [1.54, 1.807) is 17.0 Å². The van der Waals surface area contributed by atoms with Crippen molar-refractivity contribution in [1.29, 1.82) is 0 Å². The van der Waals surface area contributed by atoms with Gasteiger partial charge in [-0.2, -0.15) is 4.31 Å². The average molecular weight is 562 g/mol. The second kappa shape index (κ2) is 13.1. The van der Waals surface area contributed by atoms with Crippen molar-refractivity contribution in [1.82, 2.24) is 9.29 Å². The Kier molecular flexibility index (Phi) is 9.85. The molecule has 2 aromatic carbocycles. The quantitative estimate of drug-likeness (QED) is 0.311. The van der Waals surface area contributed by atoms with Gasteiger partial charge in [0.2, 0.25) is 10.0 Å². The van der Waals surface area contributed by atoms with Crippen molar-refractivity contribution >= 4 is 42.6 Å². The molecule has 1 amide bonds. The van der Waals surface area contributed by atoms with Crippen molar-refractivity contribution in [2.24, 2.45) is 0 Å². The van der Waals surface area contributed by atoms with E-state index in [1.807, 2.05) is 12.1 Å². The predicted octanol–water partition coefficient (Wildman–Crippen LogP) is 3.97. The van der Waals surface area contributed by atoms with Gasteiger partial charge in [0.05, 0.1) is 41.0 Å². The first-order valence-electron chi connectivity index (χ1n) is 12.8. The van der Waals surface area contributed by atoms with Crippen LogP contribution >= 0.6 is 11.3 Å². The molecule has 1 fully saturated rings. The van der Waals surface area contributed by atoms with E-state index in [0.29, 0.717) is 23.8 Å². The van der Waals surface area contributed by atoms with E-state index in [-0.39, 0.29) is 43.2 Å². The van der Waals surface area contributed by atoms with Gasteiger partial charge in [-0.05, 0) is 55.2 Å². The van der Waals surface area contributed by atoms with E-state index in [1.165, 1.54) is 42.0 Å². The summed E-state index contributed by atoms with van der Waals surface area (Å²) in [4.78, 5) is 20.4. The summed E-state index contributed by atoms with van der Waals surface area (Å²) in [5, 5.41) is 0.614. The van der Waals surface area contributed by atoms with Crippen LogP contribution in [-0.2, 0) is 30.7 Å². The van der Waals surface area contributed by atoms with Gasteiger partial charge in [-0.15, -0.1) is 0 Å². The highest BCUT2D eigenvalue weighted by Crippen LogP contribution is 2.33. The molecule has 1 aromatic heterocycles. The summed E-state index contributed by atoms with van der Waals surface area (Å²) in [5.74, 6) is -0.239. The number of hydrogen-bond acceptors (Lipinski definition) is 8. The third kappa shape index (κ3) is 6.41. The SMILES string of the molecule is CCc1cccc2sc(N(CC3CCCO3)C(=O)c3ccc(S(=O)(=O)N(CCOC)CCOC)cc3)nc12. The molecule has 0 spiro atoms. The number of sulfonamides is 1. The number of hydrogen-bond donors (Lipinski definition) is 0. The molecule has 1 aliphatic rings. The summed E-state index contributed by atoms with van der Waals surface area (Å²) in [5.41, 5.74) is 2.43. The summed E-state index contributed by atoms with van der Waals surface area (Å²) in [7, 11) is -0.734. The maximum absolute atomic E-state index is 13.8. The van der Waals surface area contributed by atoms with Crippen molar-refractivity contribution in [3.8, 4) is 0 Å². The van der Waals surface area contributed by atoms with Crippen molar-refractivity contribution < 1.29 is 27.4 Å². The summed E-state index contributed by atoms with van der Waals surface area (Å²) >= 11 is 1.48. The smallest absolute Gasteiger partial charge is 0.260 e. The minimum Gasteiger partial charge on any atom is -0.383 e. The molecule has 1 saturated heterocycles. The molecule has 1 unspecified atom stereocenters. The van der Waals surface area contributed by atoms with Crippen LogP contribution < -0.4 is 4.90 Å². The fourth-order valence-corrected chi connectivity index (χ4v) is 6.88. The van der Waals surface area contributed by atoms with E-state index >= 15 is 0 Å². The fraction of sp³-hybridized carbons (Fsp3) is 0.481. The minimum atomic E-state index is -3.79. The van der Waals surface area contributed by atoms with Crippen LogP contribution in [0.5, 0.6) is 0 Å². The molecule has 9 nitrogen and oxygen atoms in total. The number of rotatable bonds is 13. The number of thiazole rings is 1. The fourth-order valence-electron chi connectivity index (χ4n) is 4.45. The number of ether oxygens (including phenoxy) is 3. The molecule has 11 heteroatoms. The topological polar surface area (TPSA) is 98.3 Å². The van der Waals surface area contributed by atoms with Crippen LogP contribution in [0.1, 0.15) is 35.7 Å². The summed E-state index contributed by atoms with van der Waals surface area (Å²) in [6, 6.07) is 12.2. The molecule has 206 valence electrons. The lowest BCUT2D eigenvalue weighted by Gasteiger charge is -2.24. The normalized spacial score (nSPS) is 15.9. The molecule has 1 aliphatic heterocycles. The van der Waals surface area contributed by atoms with Gasteiger partial charge in [-0.1, -0.05) is 30.4 Å². The molecular formula is C27H35N3O6S2. The largest absolute Gasteiger partial charge is 0.383 e. The monoisotopic (exact) mass is 561 g/mol. The third-order valence-corrected chi connectivity index (χ3v) is 9.54. The van der Waals surface area contributed by atoms with Crippen molar-refractivity contribution in [3.63, 3.8) is 0 Å². The van der Waals surface area contributed by atoms with Crippen molar-refractivity contribution in [2.75, 3.05) is 58.6 Å². The van der Waals surface area contributed by atoms with Gasteiger partial charge in [0.1, 0.15) is 0 Å². The lowest BCUT2D eigenvalue weighted by atomic mass is 10.1. The number of nitrogens with zero attached hydrogens (tertiary/aromatic N) is 3.